The number of hydrogen-bond acceptors (Lipinski definition) is 6. The molecule has 8 heteroatoms. The summed E-state index contributed by atoms with van der Waals surface area (Å²) in [7, 11) is 0. The monoisotopic (exact) mass is 536 g/mol. The summed E-state index contributed by atoms with van der Waals surface area (Å²) in [6, 6.07) is 2.43. The molecule has 0 aromatic heterocycles. The van der Waals surface area contributed by atoms with Crippen molar-refractivity contribution in [3.63, 3.8) is 0 Å². The van der Waals surface area contributed by atoms with E-state index in [0.29, 0.717) is 10.5 Å². The van der Waals surface area contributed by atoms with Gasteiger partial charge in [-0.25, -0.2) is 0 Å². The van der Waals surface area contributed by atoms with E-state index in [-0.39, 0.29) is 43.8 Å². The van der Waals surface area contributed by atoms with Crippen LogP contribution in [0, 0.1) is 0 Å². The molecule has 0 radical (unpaired) electrons. The van der Waals surface area contributed by atoms with Crippen LogP contribution >= 0.6 is 46.7 Å². The van der Waals surface area contributed by atoms with E-state index in [1.165, 1.54) is 25.0 Å². The van der Waals surface area contributed by atoms with Gasteiger partial charge in [-0.2, -0.15) is 0 Å². The number of benzene rings is 2. The molecular weight excluding hydrogens is 511 g/mol. The van der Waals surface area contributed by atoms with E-state index < -0.39 is 11.6 Å². The fourth-order valence-electron chi connectivity index (χ4n) is 5.27. The van der Waals surface area contributed by atoms with Gasteiger partial charge in [-0.3, -0.25) is 9.59 Å². The van der Waals surface area contributed by atoms with E-state index in [4.69, 9.17) is 23.2 Å². The number of halogens is 2. The summed E-state index contributed by atoms with van der Waals surface area (Å²) in [5, 5.41) is 22.0. The molecule has 2 N–H and O–H groups in total. The van der Waals surface area contributed by atoms with E-state index in [1.54, 1.807) is 23.5 Å². The molecule has 0 spiro atoms. The second-order valence-electron chi connectivity index (χ2n) is 9.30. The molecular formula is C26H26Cl2O4S2. The van der Waals surface area contributed by atoms with Crippen molar-refractivity contribution in [3.8, 4) is 11.5 Å². The standard InChI is InChI=1S/C26H26Cl2O4S2/c27-21-19-20(24(32)18-16(30)12-11-15(29)17(18)23(19)31)22(28)26(34-14-9-5-2-6-10-14)25(21)33-13-7-3-1-4-8-13/h11-14,29-30H,1-10H2. The Hall–Kier alpha value is -1.34. The minimum absolute atomic E-state index is 0.0383. The van der Waals surface area contributed by atoms with Gasteiger partial charge in [0.05, 0.1) is 32.3 Å². The number of carbonyl (C=O) groups is 2. The average Bonchev–Trinajstić information content (AvgIpc) is 2.84. The number of fused-ring (bicyclic) bond motifs is 2. The van der Waals surface area contributed by atoms with Crippen LogP contribution in [0.4, 0.5) is 0 Å². The fourth-order valence-corrected chi connectivity index (χ4v) is 9.12. The van der Waals surface area contributed by atoms with Crippen molar-refractivity contribution in [2.45, 2.75) is 84.5 Å². The molecule has 3 aliphatic rings. The maximum absolute atomic E-state index is 13.6. The highest BCUT2D eigenvalue weighted by atomic mass is 35.5. The number of carbonyl (C=O) groups excluding carboxylic acids is 2. The molecule has 34 heavy (non-hydrogen) atoms. The van der Waals surface area contributed by atoms with Gasteiger partial charge in [0.2, 0.25) is 0 Å². The molecule has 2 saturated carbocycles. The molecule has 0 unspecified atom stereocenters. The molecule has 2 aromatic rings. The smallest absolute Gasteiger partial charge is 0.199 e. The first-order valence-electron chi connectivity index (χ1n) is 11.9. The number of phenols is 2. The van der Waals surface area contributed by atoms with Gasteiger partial charge >= 0.3 is 0 Å². The second kappa shape index (κ2) is 9.96. The van der Waals surface area contributed by atoms with E-state index in [9.17, 15) is 19.8 Å². The first kappa shape index (κ1) is 24.4. The topological polar surface area (TPSA) is 74.6 Å². The molecule has 2 fully saturated rings. The first-order chi connectivity index (χ1) is 16.4. The molecule has 0 amide bonds. The van der Waals surface area contributed by atoms with Crippen molar-refractivity contribution in [1.82, 2.24) is 0 Å². The third-order valence-electron chi connectivity index (χ3n) is 7.04. The summed E-state index contributed by atoms with van der Waals surface area (Å²) in [5.41, 5.74) is -0.346. The molecule has 0 saturated heterocycles. The highest BCUT2D eigenvalue weighted by molar-refractivity contribution is 8.03. The van der Waals surface area contributed by atoms with Gasteiger partial charge in [0.15, 0.2) is 11.6 Å². The van der Waals surface area contributed by atoms with Crippen LogP contribution < -0.4 is 0 Å². The minimum atomic E-state index is -0.579. The average molecular weight is 538 g/mol. The minimum Gasteiger partial charge on any atom is -0.507 e. The van der Waals surface area contributed by atoms with Crippen LogP contribution in [0.15, 0.2) is 21.9 Å². The number of aromatic hydroxyl groups is 2. The number of rotatable bonds is 4. The first-order valence-corrected chi connectivity index (χ1v) is 14.4. The van der Waals surface area contributed by atoms with Gasteiger partial charge in [-0.1, -0.05) is 61.7 Å². The Morgan fingerprint density at radius 3 is 1.32 bits per heavy atom. The van der Waals surface area contributed by atoms with Crippen LogP contribution in [0.3, 0.4) is 0 Å². The van der Waals surface area contributed by atoms with Crippen molar-refractivity contribution < 1.29 is 19.8 Å². The number of thioether (sulfide) groups is 2. The Morgan fingerprint density at radius 1 is 0.618 bits per heavy atom. The number of hydrogen-bond donors (Lipinski definition) is 2. The van der Waals surface area contributed by atoms with Crippen molar-refractivity contribution in [1.29, 1.82) is 0 Å². The van der Waals surface area contributed by atoms with E-state index in [0.717, 1.165) is 61.2 Å². The summed E-state index contributed by atoms with van der Waals surface area (Å²) in [4.78, 5) is 28.7. The fraction of sp³-hybridized carbons (Fsp3) is 0.462. The van der Waals surface area contributed by atoms with Crippen molar-refractivity contribution in [3.05, 3.63) is 44.4 Å². The Labute approximate surface area is 217 Å². The van der Waals surface area contributed by atoms with Gasteiger partial charge in [0.1, 0.15) is 11.5 Å². The Bertz CT molecular complexity index is 1080. The Morgan fingerprint density at radius 2 is 0.971 bits per heavy atom. The van der Waals surface area contributed by atoms with Crippen LogP contribution in [0.2, 0.25) is 10.0 Å². The molecule has 2 aromatic carbocycles. The van der Waals surface area contributed by atoms with Gasteiger partial charge in [-0.15, -0.1) is 23.5 Å². The molecule has 0 aliphatic heterocycles. The predicted octanol–water partition coefficient (Wildman–Crippen LogP) is 8.03. The SMILES string of the molecule is O=C1c2c(O)ccc(O)c2C(=O)c2c(Cl)c(SC3CCCCC3)c(SC3CCCCC3)c(Cl)c21. The van der Waals surface area contributed by atoms with Gasteiger partial charge in [-0.05, 0) is 37.8 Å². The molecule has 3 aliphatic carbocycles. The normalized spacial score (nSPS) is 19.2. The Balaban J connectivity index is 1.68. The lowest BCUT2D eigenvalue weighted by Crippen LogP contribution is -2.23. The van der Waals surface area contributed by atoms with Crippen molar-refractivity contribution in [2.24, 2.45) is 0 Å². The summed E-state index contributed by atoms with van der Waals surface area (Å²) in [6.45, 7) is 0. The van der Waals surface area contributed by atoms with Crippen LogP contribution in [-0.4, -0.2) is 32.3 Å². The van der Waals surface area contributed by atoms with Crippen molar-refractivity contribution in [2.75, 3.05) is 0 Å². The quantitative estimate of drug-likeness (QED) is 0.328. The van der Waals surface area contributed by atoms with Gasteiger partial charge < -0.3 is 10.2 Å². The molecule has 180 valence electrons. The Kier molecular flexibility index (Phi) is 7.14. The maximum atomic E-state index is 13.6. The number of phenolic OH excluding ortho intramolecular Hbond substituents is 2. The molecule has 0 atom stereocenters. The van der Waals surface area contributed by atoms with Crippen LogP contribution in [0.1, 0.15) is 96.1 Å². The summed E-state index contributed by atoms with van der Waals surface area (Å²) in [6.07, 6.45) is 11.4. The predicted molar refractivity (Wildman–Crippen MR) is 139 cm³/mol. The second-order valence-corrected chi connectivity index (χ2v) is 12.7. The largest absolute Gasteiger partial charge is 0.507 e. The van der Waals surface area contributed by atoms with Crippen molar-refractivity contribution >= 4 is 58.3 Å². The van der Waals surface area contributed by atoms with Gasteiger partial charge in [0.25, 0.3) is 0 Å². The molecule has 4 nitrogen and oxygen atoms in total. The summed E-state index contributed by atoms with van der Waals surface area (Å²) >= 11 is 17.2. The zero-order valence-corrected chi connectivity index (χ0v) is 21.8. The molecule has 5 rings (SSSR count). The lowest BCUT2D eigenvalue weighted by Gasteiger charge is -2.29. The lowest BCUT2D eigenvalue weighted by molar-refractivity contribution is 0.0974. The third kappa shape index (κ3) is 4.25. The van der Waals surface area contributed by atoms with Gasteiger partial charge in [0, 0.05) is 20.3 Å². The van der Waals surface area contributed by atoms with E-state index in [1.807, 2.05) is 0 Å². The maximum Gasteiger partial charge on any atom is 0.199 e. The highest BCUT2D eigenvalue weighted by Gasteiger charge is 2.40. The zero-order valence-electron chi connectivity index (χ0n) is 18.7. The highest BCUT2D eigenvalue weighted by Crippen LogP contribution is 2.53. The van der Waals surface area contributed by atoms with E-state index >= 15 is 0 Å². The zero-order chi connectivity index (χ0) is 24.0. The summed E-state index contributed by atoms with van der Waals surface area (Å²) in [5.74, 6) is -1.87. The van der Waals surface area contributed by atoms with Crippen LogP contribution in [0.5, 0.6) is 11.5 Å². The lowest BCUT2D eigenvalue weighted by atomic mass is 9.83. The molecule has 0 heterocycles. The van der Waals surface area contributed by atoms with Crippen LogP contribution in [0.25, 0.3) is 0 Å². The molecule has 0 bridgehead atoms. The third-order valence-corrected chi connectivity index (χ3v) is 11.0. The van der Waals surface area contributed by atoms with E-state index in [2.05, 4.69) is 0 Å². The van der Waals surface area contributed by atoms with Crippen LogP contribution in [-0.2, 0) is 0 Å². The summed E-state index contributed by atoms with van der Waals surface area (Å²) < 4.78 is 0. The number of ketones is 2.